The number of unbranched alkanes of at least 4 members (excludes halogenated alkanes) is 3. The van der Waals surface area contributed by atoms with Crippen molar-refractivity contribution in [3.05, 3.63) is 40.5 Å². The SMILES string of the molecule is NCCCCCCc1nc(CSc2ccccc2Br)no1. The Morgan fingerprint density at radius 1 is 1.14 bits per heavy atom. The topological polar surface area (TPSA) is 64.9 Å². The summed E-state index contributed by atoms with van der Waals surface area (Å²) in [5, 5.41) is 4.03. The average Bonchev–Trinajstić information content (AvgIpc) is 2.94. The molecule has 0 aliphatic carbocycles. The van der Waals surface area contributed by atoms with Crippen molar-refractivity contribution in [2.45, 2.75) is 42.8 Å². The molecule has 21 heavy (non-hydrogen) atoms. The van der Waals surface area contributed by atoms with Gasteiger partial charge < -0.3 is 10.3 Å². The van der Waals surface area contributed by atoms with Crippen LogP contribution in [0.5, 0.6) is 0 Å². The molecule has 0 radical (unpaired) electrons. The standard InChI is InChI=1S/C15H20BrN3OS/c16-12-7-4-5-8-13(12)21-11-14-18-15(20-19-14)9-3-1-2-6-10-17/h4-5,7-8H,1-3,6,9-11,17H2. The maximum absolute atomic E-state index is 5.47. The molecule has 4 nitrogen and oxygen atoms in total. The summed E-state index contributed by atoms with van der Waals surface area (Å²) in [4.78, 5) is 5.62. The van der Waals surface area contributed by atoms with Gasteiger partial charge in [-0.1, -0.05) is 30.1 Å². The van der Waals surface area contributed by atoms with E-state index < -0.39 is 0 Å². The molecule has 0 amide bonds. The van der Waals surface area contributed by atoms with Gasteiger partial charge in [0.15, 0.2) is 5.82 Å². The molecule has 1 aromatic carbocycles. The second-order valence-electron chi connectivity index (χ2n) is 4.78. The average molecular weight is 370 g/mol. The van der Waals surface area contributed by atoms with E-state index in [4.69, 9.17) is 10.3 Å². The van der Waals surface area contributed by atoms with Crippen molar-refractivity contribution in [3.63, 3.8) is 0 Å². The fourth-order valence-corrected chi connectivity index (χ4v) is 3.34. The lowest BCUT2D eigenvalue weighted by atomic mass is 10.1. The Kier molecular flexibility index (Phi) is 7.26. The van der Waals surface area contributed by atoms with Gasteiger partial charge in [-0.05, 0) is 47.4 Å². The Labute approximate surface area is 138 Å². The second-order valence-corrected chi connectivity index (χ2v) is 6.65. The molecule has 0 aliphatic rings. The van der Waals surface area contributed by atoms with Crippen molar-refractivity contribution in [3.8, 4) is 0 Å². The van der Waals surface area contributed by atoms with Crippen molar-refractivity contribution < 1.29 is 4.52 Å². The molecule has 114 valence electrons. The summed E-state index contributed by atoms with van der Waals surface area (Å²) < 4.78 is 6.37. The van der Waals surface area contributed by atoms with Gasteiger partial charge in [0.1, 0.15) is 0 Å². The predicted molar refractivity (Wildman–Crippen MR) is 89.2 cm³/mol. The first-order valence-electron chi connectivity index (χ1n) is 7.18. The Morgan fingerprint density at radius 3 is 2.76 bits per heavy atom. The van der Waals surface area contributed by atoms with E-state index >= 15 is 0 Å². The molecular formula is C15H20BrN3OS. The summed E-state index contributed by atoms with van der Waals surface area (Å²) >= 11 is 5.24. The van der Waals surface area contributed by atoms with E-state index in [1.165, 1.54) is 17.7 Å². The quantitative estimate of drug-likeness (QED) is 0.530. The van der Waals surface area contributed by atoms with Crippen LogP contribution in [0.3, 0.4) is 0 Å². The van der Waals surface area contributed by atoms with Gasteiger partial charge in [-0.25, -0.2) is 0 Å². The van der Waals surface area contributed by atoms with E-state index in [1.54, 1.807) is 11.8 Å². The molecular weight excluding hydrogens is 350 g/mol. The Morgan fingerprint density at radius 2 is 1.95 bits per heavy atom. The van der Waals surface area contributed by atoms with Crippen LogP contribution >= 0.6 is 27.7 Å². The van der Waals surface area contributed by atoms with Gasteiger partial charge in [0.05, 0.1) is 5.75 Å². The third-order valence-electron chi connectivity index (χ3n) is 3.05. The Hall–Kier alpha value is -0.850. The van der Waals surface area contributed by atoms with Crippen LogP contribution in [0.4, 0.5) is 0 Å². The Bertz CT molecular complexity index is 547. The van der Waals surface area contributed by atoms with Crippen LogP contribution in [-0.4, -0.2) is 16.7 Å². The minimum atomic E-state index is 0.722. The first kappa shape index (κ1) is 16.5. The number of hydrogen-bond donors (Lipinski definition) is 1. The zero-order valence-corrected chi connectivity index (χ0v) is 14.3. The number of rotatable bonds is 9. The summed E-state index contributed by atoms with van der Waals surface area (Å²) in [6.45, 7) is 0.775. The number of benzene rings is 1. The van der Waals surface area contributed by atoms with Gasteiger partial charge in [-0.2, -0.15) is 4.98 Å². The number of thioether (sulfide) groups is 1. The highest BCUT2D eigenvalue weighted by molar-refractivity contribution is 9.10. The number of halogens is 1. The van der Waals surface area contributed by atoms with E-state index in [1.807, 2.05) is 18.2 Å². The first-order chi connectivity index (χ1) is 10.3. The third-order valence-corrected chi connectivity index (χ3v) is 5.07. The molecule has 2 rings (SSSR count). The van der Waals surface area contributed by atoms with Crippen LogP contribution in [0, 0.1) is 0 Å². The molecule has 0 aliphatic heterocycles. The lowest BCUT2D eigenvalue weighted by molar-refractivity contribution is 0.370. The van der Waals surface area contributed by atoms with Crippen molar-refractivity contribution in [1.29, 1.82) is 0 Å². The number of nitrogens with two attached hydrogens (primary N) is 1. The fraction of sp³-hybridized carbons (Fsp3) is 0.467. The van der Waals surface area contributed by atoms with Crippen LogP contribution in [0.2, 0.25) is 0 Å². The molecule has 1 heterocycles. The Balaban J connectivity index is 1.74. The van der Waals surface area contributed by atoms with Crippen molar-refractivity contribution in [2.75, 3.05) is 6.54 Å². The second kappa shape index (κ2) is 9.23. The summed E-state index contributed by atoms with van der Waals surface area (Å²) in [5.41, 5.74) is 5.47. The van der Waals surface area contributed by atoms with E-state index in [0.717, 1.165) is 47.7 Å². The van der Waals surface area contributed by atoms with Crippen LogP contribution in [-0.2, 0) is 12.2 Å². The summed E-state index contributed by atoms with van der Waals surface area (Å²) in [6, 6.07) is 8.14. The molecule has 1 aromatic heterocycles. The van der Waals surface area contributed by atoms with Gasteiger partial charge in [-0.3, -0.25) is 0 Å². The minimum absolute atomic E-state index is 0.722. The molecule has 0 saturated heterocycles. The summed E-state index contributed by atoms with van der Waals surface area (Å²) in [5.74, 6) is 2.22. The lowest BCUT2D eigenvalue weighted by Crippen LogP contribution is -1.97. The van der Waals surface area contributed by atoms with Gasteiger partial charge in [-0.15, -0.1) is 11.8 Å². The third kappa shape index (κ3) is 5.80. The minimum Gasteiger partial charge on any atom is -0.339 e. The van der Waals surface area contributed by atoms with Gasteiger partial charge >= 0.3 is 0 Å². The molecule has 2 aromatic rings. The van der Waals surface area contributed by atoms with E-state index in [9.17, 15) is 0 Å². The van der Waals surface area contributed by atoms with Crippen molar-refractivity contribution in [2.24, 2.45) is 5.73 Å². The van der Waals surface area contributed by atoms with E-state index in [-0.39, 0.29) is 0 Å². The normalized spacial score (nSPS) is 11.0. The number of hydrogen-bond acceptors (Lipinski definition) is 5. The van der Waals surface area contributed by atoms with E-state index in [2.05, 4.69) is 32.1 Å². The fourth-order valence-electron chi connectivity index (χ4n) is 1.93. The van der Waals surface area contributed by atoms with Crippen LogP contribution in [0.15, 0.2) is 38.2 Å². The van der Waals surface area contributed by atoms with Crippen LogP contribution in [0.1, 0.15) is 37.4 Å². The first-order valence-corrected chi connectivity index (χ1v) is 8.96. The van der Waals surface area contributed by atoms with Gasteiger partial charge in [0, 0.05) is 15.8 Å². The molecule has 0 fully saturated rings. The zero-order valence-electron chi connectivity index (χ0n) is 11.9. The number of aromatic nitrogens is 2. The summed E-state index contributed by atoms with van der Waals surface area (Å²) in [7, 11) is 0. The van der Waals surface area contributed by atoms with Gasteiger partial charge in [0.2, 0.25) is 5.89 Å². The highest BCUT2D eigenvalue weighted by atomic mass is 79.9. The van der Waals surface area contributed by atoms with Crippen molar-refractivity contribution >= 4 is 27.7 Å². The highest BCUT2D eigenvalue weighted by Gasteiger charge is 2.07. The molecule has 0 spiro atoms. The molecule has 0 saturated carbocycles. The maximum Gasteiger partial charge on any atom is 0.226 e. The molecule has 6 heteroatoms. The largest absolute Gasteiger partial charge is 0.339 e. The highest BCUT2D eigenvalue weighted by Crippen LogP contribution is 2.29. The molecule has 0 atom stereocenters. The molecule has 0 unspecified atom stereocenters. The lowest BCUT2D eigenvalue weighted by Gasteiger charge is -2.00. The predicted octanol–water partition coefficient (Wildman–Crippen LogP) is 4.19. The maximum atomic E-state index is 5.47. The van der Waals surface area contributed by atoms with Crippen LogP contribution < -0.4 is 5.73 Å². The zero-order chi connectivity index (χ0) is 14.9. The van der Waals surface area contributed by atoms with Gasteiger partial charge in [0.25, 0.3) is 0 Å². The van der Waals surface area contributed by atoms with Crippen LogP contribution in [0.25, 0.3) is 0 Å². The summed E-state index contributed by atoms with van der Waals surface area (Å²) in [6.07, 6.45) is 5.38. The molecule has 0 bridgehead atoms. The smallest absolute Gasteiger partial charge is 0.226 e. The van der Waals surface area contributed by atoms with E-state index in [0.29, 0.717) is 0 Å². The number of aryl methyl sites for hydroxylation is 1. The number of nitrogens with zero attached hydrogens (tertiary/aromatic N) is 2. The monoisotopic (exact) mass is 369 g/mol. The van der Waals surface area contributed by atoms with Crippen molar-refractivity contribution in [1.82, 2.24) is 10.1 Å². The molecule has 2 N–H and O–H groups in total.